The molecule has 0 atom stereocenters. The summed E-state index contributed by atoms with van der Waals surface area (Å²) < 4.78 is 2.34. The first-order chi connectivity index (χ1) is 28.4. The van der Waals surface area contributed by atoms with Crippen LogP contribution in [0, 0.1) is 13.8 Å². The molecule has 0 bridgehead atoms. The predicted molar refractivity (Wildman–Crippen MR) is 244 cm³/mol. The molecule has 58 heavy (non-hydrogen) atoms. The molecule has 3 heterocycles. The van der Waals surface area contributed by atoms with Crippen LogP contribution in [0.2, 0.25) is 0 Å². The summed E-state index contributed by atoms with van der Waals surface area (Å²) in [6.07, 6.45) is 1.95. The van der Waals surface area contributed by atoms with Crippen molar-refractivity contribution in [2.75, 3.05) is 21.4 Å². The van der Waals surface area contributed by atoms with Gasteiger partial charge in [0.1, 0.15) is 12.5 Å². The van der Waals surface area contributed by atoms with E-state index in [9.17, 15) is 0 Å². The highest BCUT2D eigenvalue weighted by molar-refractivity contribution is 6.10. The van der Waals surface area contributed by atoms with Crippen molar-refractivity contribution in [3.05, 3.63) is 199 Å². The molecule has 1 aliphatic heterocycles. The van der Waals surface area contributed by atoms with Crippen LogP contribution in [0.3, 0.4) is 0 Å². The van der Waals surface area contributed by atoms with Gasteiger partial charge in [-0.2, -0.15) is 0 Å². The number of aryl methyl sites for hydroxylation is 2. The number of hydrogen-bond acceptors (Lipinski definition) is 4. The van der Waals surface area contributed by atoms with Crippen molar-refractivity contribution < 1.29 is 0 Å². The first-order valence-electron chi connectivity index (χ1n) is 20.2. The molecule has 9 aromatic rings. The number of fused-ring (bicyclic) bond motifs is 4. The van der Waals surface area contributed by atoms with Gasteiger partial charge in [0, 0.05) is 39.7 Å². The molecule has 0 unspecified atom stereocenters. The largest absolute Gasteiger partial charge is 0.321 e. The fraction of sp³-hybridized carbons (Fsp3) is 0.113. The molecular formula is C53H45N5. The Kier molecular flexibility index (Phi) is 8.79. The summed E-state index contributed by atoms with van der Waals surface area (Å²) in [4.78, 5) is 12.3. The van der Waals surface area contributed by atoms with Crippen LogP contribution in [-0.4, -0.2) is 16.2 Å². The molecular weight excluding hydrogens is 707 g/mol. The van der Waals surface area contributed by atoms with Gasteiger partial charge in [-0.15, -0.1) is 0 Å². The number of rotatable bonds is 8. The van der Waals surface area contributed by atoms with Crippen molar-refractivity contribution in [3.8, 4) is 16.9 Å². The molecule has 5 nitrogen and oxygen atoms in total. The maximum Gasteiger partial charge on any atom is 0.138 e. The minimum Gasteiger partial charge on any atom is -0.321 e. The second kappa shape index (κ2) is 14.4. The van der Waals surface area contributed by atoms with Gasteiger partial charge in [-0.25, -0.2) is 4.98 Å². The molecule has 0 N–H and O–H groups in total. The minimum atomic E-state index is 0.404. The molecule has 0 radical (unpaired) electrons. The van der Waals surface area contributed by atoms with E-state index in [2.05, 4.69) is 223 Å². The smallest absolute Gasteiger partial charge is 0.138 e. The van der Waals surface area contributed by atoms with Crippen molar-refractivity contribution in [2.45, 2.75) is 33.6 Å². The summed E-state index contributed by atoms with van der Waals surface area (Å²) in [6.45, 7) is 9.67. The molecule has 2 aromatic heterocycles. The van der Waals surface area contributed by atoms with Gasteiger partial charge in [-0.3, -0.25) is 4.57 Å². The lowest BCUT2D eigenvalue weighted by atomic mass is 9.93. The number of pyridine rings is 1. The molecule has 0 fully saturated rings. The zero-order valence-corrected chi connectivity index (χ0v) is 33.3. The highest BCUT2D eigenvalue weighted by Gasteiger charge is 2.29. The SMILES string of the molecule is Cc1cccc(C)c1N(c1cccc(N2CN(c3ccccc3)c3ccccc32)c1)c1ccc2c3ccccc3n(-c3cc(-c4ccccc4C(C)C)ccn3)c2c1. The summed E-state index contributed by atoms with van der Waals surface area (Å²) in [6, 6.07) is 63.7. The molecule has 0 saturated carbocycles. The van der Waals surface area contributed by atoms with E-state index < -0.39 is 0 Å². The fourth-order valence-corrected chi connectivity index (χ4v) is 8.95. The topological polar surface area (TPSA) is 27.5 Å². The summed E-state index contributed by atoms with van der Waals surface area (Å²) in [7, 11) is 0. The average Bonchev–Trinajstić information content (AvgIpc) is 3.82. The molecule has 1 aliphatic rings. The van der Waals surface area contributed by atoms with Crippen molar-refractivity contribution in [3.63, 3.8) is 0 Å². The first-order valence-corrected chi connectivity index (χ1v) is 20.2. The summed E-state index contributed by atoms with van der Waals surface area (Å²) >= 11 is 0. The maximum absolute atomic E-state index is 5.04. The standard InChI is InChI=1S/C53H45N5/c1-36(2)44-22-8-9-23-45(44)39-30-31-54-52(32-39)58-48-25-11-10-24-46(48)47-29-28-43(34-51(47)58)57(53-37(3)16-14-17-38(53)4)42-21-15-20-41(33-42)56-35-55(40-18-6-5-7-19-40)49-26-12-13-27-50(49)56/h5-34,36H,35H2,1-4H3. The quantitative estimate of drug-likeness (QED) is 0.155. The van der Waals surface area contributed by atoms with Gasteiger partial charge in [0.05, 0.1) is 28.1 Å². The Hall–Kier alpha value is -7.11. The van der Waals surface area contributed by atoms with Gasteiger partial charge in [0.2, 0.25) is 0 Å². The van der Waals surface area contributed by atoms with Crippen LogP contribution in [0.4, 0.5) is 39.8 Å². The lowest BCUT2D eigenvalue weighted by Gasteiger charge is -2.30. The molecule has 7 aromatic carbocycles. The van der Waals surface area contributed by atoms with Crippen LogP contribution in [0.25, 0.3) is 38.8 Å². The number of aromatic nitrogens is 2. The zero-order valence-electron chi connectivity index (χ0n) is 33.3. The average molecular weight is 752 g/mol. The van der Waals surface area contributed by atoms with Crippen molar-refractivity contribution in [1.29, 1.82) is 0 Å². The van der Waals surface area contributed by atoms with Gasteiger partial charge in [0.15, 0.2) is 0 Å². The van der Waals surface area contributed by atoms with Gasteiger partial charge < -0.3 is 14.7 Å². The second-order valence-electron chi connectivity index (χ2n) is 15.6. The van der Waals surface area contributed by atoms with Gasteiger partial charge in [-0.1, -0.05) is 117 Å². The third-order valence-corrected chi connectivity index (χ3v) is 11.7. The number of para-hydroxylation sites is 5. The van der Waals surface area contributed by atoms with E-state index in [0.717, 1.165) is 40.6 Å². The van der Waals surface area contributed by atoms with E-state index in [1.165, 1.54) is 61.3 Å². The Morgan fingerprint density at radius 2 is 1.17 bits per heavy atom. The van der Waals surface area contributed by atoms with Crippen LogP contribution in [0.5, 0.6) is 0 Å². The van der Waals surface area contributed by atoms with Gasteiger partial charge in [-0.05, 0) is 120 Å². The molecule has 282 valence electrons. The molecule has 5 heteroatoms. The number of anilines is 7. The van der Waals surface area contributed by atoms with Crippen molar-refractivity contribution in [2.24, 2.45) is 0 Å². The van der Waals surface area contributed by atoms with Crippen LogP contribution in [0.15, 0.2) is 182 Å². The fourth-order valence-electron chi connectivity index (χ4n) is 8.95. The Bertz CT molecular complexity index is 2940. The monoisotopic (exact) mass is 751 g/mol. The summed E-state index contributed by atoms with van der Waals surface area (Å²) in [5, 5.41) is 2.40. The van der Waals surface area contributed by atoms with E-state index in [1.807, 2.05) is 6.20 Å². The van der Waals surface area contributed by atoms with E-state index in [1.54, 1.807) is 0 Å². The molecule has 0 amide bonds. The van der Waals surface area contributed by atoms with Crippen LogP contribution >= 0.6 is 0 Å². The molecule has 0 aliphatic carbocycles. The molecule has 0 saturated heterocycles. The summed E-state index contributed by atoms with van der Waals surface area (Å²) in [5.74, 6) is 1.30. The lowest BCUT2D eigenvalue weighted by molar-refractivity contribution is 0.869. The van der Waals surface area contributed by atoms with E-state index in [-0.39, 0.29) is 0 Å². The zero-order chi connectivity index (χ0) is 39.3. The maximum atomic E-state index is 5.04. The number of nitrogens with zero attached hydrogens (tertiary/aromatic N) is 5. The normalized spacial score (nSPS) is 12.5. The lowest BCUT2D eigenvalue weighted by Crippen LogP contribution is -2.24. The number of benzene rings is 7. The van der Waals surface area contributed by atoms with Gasteiger partial charge >= 0.3 is 0 Å². The summed E-state index contributed by atoms with van der Waals surface area (Å²) in [5.41, 5.74) is 16.5. The minimum absolute atomic E-state index is 0.404. The highest BCUT2D eigenvalue weighted by Crippen LogP contribution is 2.47. The predicted octanol–water partition coefficient (Wildman–Crippen LogP) is 14.3. The Morgan fingerprint density at radius 1 is 0.534 bits per heavy atom. The van der Waals surface area contributed by atoms with E-state index in [4.69, 9.17) is 4.98 Å². The Morgan fingerprint density at radius 3 is 1.97 bits per heavy atom. The Balaban J connectivity index is 1.14. The second-order valence-corrected chi connectivity index (χ2v) is 15.6. The third kappa shape index (κ3) is 5.98. The van der Waals surface area contributed by atoms with Gasteiger partial charge in [0.25, 0.3) is 0 Å². The highest BCUT2D eigenvalue weighted by atomic mass is 15.4. The first kappa shape index (κ1) is 35.3. The molecule has 0 spiro atoms. The third-order valence-electron chi connectivity index (χ3n) is 11.7. The van der Waals surface area contributed by atoms with E-state index >= 15 is 0 Å². The van der Waals surface area contributed by atoms with Crippen molar-refractivity contribution in [1.82, 2.24) is 9.55 Å². The number of hydrogen-bond donors (Lipinski definition) is 0. The van der Waals surface area contributed by atoms with Crippen LogP contribution in [-0.2, 0) is 0 Å². The molecule has 10 rings (SSSR count). The van der Waals surface area contributed by atoms with Crippen LogP contribution < -0.4 is 14.7 Å². The van der Waals surface area contributed by atoms with E-state index in [0.29, 0.717) is 5.92 Å². The Labute approximate surface area is 340 Å². The van der Waals surface area contributed by atoms with Crippen LogP contribution in [0.1, 0.15) is 36.5 Å². The van der Waals surface area contributed by atoms with Crippen molar-refractivity contribution >= 4 is 61.6 Å².